The van der Waals surface area contributed by atoms with Crippen LogP contribution in [0.4, 0.5) is 28.0 Å². The van der Waals surface area contributed by atoms with Crippen molar-refractivity contribution in [3.8, 4) is 0 Å². The fourth-order valence-electron chi connectivity index (χ4n) is 2.03. The molecule has 1 heterocycles. The van der Waals surface area contributed by atoms with Crippen molar-refractivity contribution in [3.63, 3.8) is 0 Å². The van der Waals surface area contributed by atoms with Gasteiger partial charge in [0.15, 0.2) is 11.3 Å². The molecule has 1 aromatic carbocycles. The number of nitrogens with zero attached hydrogens (tertiary/aromatic N) is 3. The first-order valence-electron chi connectivity index (χ1n) is 6.40. The molecule has 0 N–H and O–H groups in total. The van der Waals surface area contributed by atoms with Crippen LogP contribution in [0.1, 0.15) is 24.2 Å². The summed E-state index contributed by atoms with van der Waals surface area (Å²) in [6.45, 7) is 2.98. The quantitative estimate of drug-likeness (QED) is 0.393. The predicted molar refractivity (Wildman–Crippen MR) is 81.1 cm³/mol. The maximum atomic E-state index is 13.2. The van der Waals surface area contributed by atoms with Crippen LogP contribution in [0.15, 0.2) is 23.2 Å². The molecule has 2 aromatic rings. The smallest absolute Gasteiger partial charge is 0.420 e. The van der Waals surface area contributed by atoms with Crippen molar-refractivity contribution in [2.24, 2.45) is 0 Å². The summed E-state index contributed by atoms with van der Waals surface area (Å²) >= 11 is 2.89. The molecule has 0 saturated heterocycles. The first-order chi connectivity index (χ1) is 11.6. The van der Waals surface area contributed by atoms with E-state index >= 15 is 0 Å². The van der Waals surface area contributed by atoms with E-state index in [0.29, 0.717) is 12.1 Å². The second-order valence-corrected chi connectivity index (χ2v) is 5.76. The zero-order valence-electron chi connectivity index (χ0n) is 12.1. The minimum atomic E-state index is -3.30. The number of non-ortho nitro benzene ring substituents is 1. The van der Waals surface area contributed by atoms with Crippen molar-refractivity contribution in [1.29, 1.82) is 0 Å². The van der Waals surface area contributed by atoms with Gasteiger partial charge in [0.2, 0.25) is 0 Å². The lowest BCUT2D eigenvalue weighted by molar-refractivity contribution is -0.383. The highest BCUT2D eigenvalue weighted by Gasteiger charge is 2.31. The van der Waals surface area contributed by atoms with Crippen LogP contribution in [0, 0.1) is 10.1 Å². The van der Waals surface area contributed by atoms with Crippen molar-refractivity contribution < 1.29 is 32.0 Å². The summed E-state index contributed by atoms with van der Waals surface area (Å²) in [7, 11) is 0. The first-order valence-corrected chi connectivity index (χ1v) is 7.20. The van der Waals surface area contributed by atoms with Gasteiger partial charge in [-0.05, 0) is 6.07 Å². The Labute approximate surface area is 145 Å². The summed E-state index contributed by atoms with van der Waals surface area (Å²) in [6, 6.07) is 1.20. The maximum absolute atomic E-state index is 13.2. The molecule has 0 bridgehead atoms. The number of aromatic nitrogens is 2. The van der Waals surface area contributed by atoms with E-state index in [1.807, 2.05) is 0 Å². The van der Waals surface area contributed by atoms with Gasteiger partial charge in [-0.25, -0.2) is 31.9 Å². The molecule has 0 atom stereocenters. The van der Waals surface area contributed by atoms with Gasteiger partial charge in [0.25, 0.3) is 18.5 Å². The van der Waals surface area contributed by atoms with E-state index < -0.39 is 58.6 Å². The number of carbonyl (C=O) groups excluding carboxylic acids is 1. The predicted octanol–water partition coefficient (Wildman–Crippen LogP) is 4.71. The number of benzene rings is 1. The van der Waals surface area contributed by atoms with Crippen molar-refractivity contribution in [2.45, 2.75) is 12.9 Å². The number of halogens is 5. The highest BCUT2D eigenvalue weighted by atomic mass is 79.9. The lowest BCUT2D eigenvalue weighted by atomic mass is 10.1. The molecule has 0 spiro atoms. The number of carbonyl (C=O) groups is 1. The molecule has 0 aliphatic carbocycles. The van der Waals surface area contributed by atoms with Crippen molar-refractivity contribution in [1.82, 2.24) is 9.55 Å². The molecule has 7 nitrogen and oxygen atoms in total. The van der Waals surface area contributed by atoms with Gasteiger partial charge in [0.05, 0.1) is 10.4 Å². The van der Waals surface area contributed by atoms with Gasteiger partial charge < -0.3 is 4.74 Å². The number of imidazole rings is 1. The van der Waals surface area contributed by atoms with Crippen LogP contribution in [-0.4, -0.2) is 27.2 Å². The Morgan fingerprint density at radius 1 is 1.36 bits per heavy atom. The topological polar surface area (TPSA) is 87.3 Å². The van der Waals surface area contributed by atoms with Gasteiger partial charge in [-0.2, -0.15) is 0 Å². The van der Waals surface area contributed by atoms with E-state index in [0.717, 1.165) is 0 Å². The largest absolute Gasteiger partial charge is 0.443 e. The molecule has 25 heavy (non-hydrogen) atoms. The summed E-state index contributed by atoms with van der Waals surface area (Å²) in [6.07, 6.45) is -7.78. The van der Waals surface area contributed by atoms with Gasteiger partial charge >= 0.3 is 6.09 Å². The normalized spacial score (nSPS) is 11.3. The van der Waals surface area contributed by atoms with Crippen LogP contribution in [-0.2, 0) is 4.74 Å². The number of alkyl halides is 4. The van der Waals surface area contributed by atoms with E-state index in [1.165, 1.54) is 0 Å². The zero-order valence-corrected chi connectivity index (χ0v) is 13.7. The lowest BCUT2D eigenvalue weighted by Crippen LogP contribution is -2.18. The average molecular weight is 426 g/mol. The second-order valence-electron chi connectivity index (χ2n) is 4.64. The maximum Gasteiger partial charge on any atom is 0.420 e. The van der Waals surface area contributed by atoms with Gasteiger partial charge in [0, 0.05) is 16.1 Å². The minimum absolute atomic E-state index is 0.198. The molecular formula is C13H8BrF4N3O4. The number of nitro groups is 1. The van der Waals surface area contributed by atoms with Crippen molar-refractivity contribution in [3.05, 3.63) is 44.7 Å². The van der Waals surface area contributed by atoms with Crippen LogP contribution in [0.5, 0.6) is 0 Å². The van der Waals surface area contributed by atoms with E-state index in [2.05, 4.69) is 27.5 Å². The molecule has 12 heteroatoms. The summed E-state index contributed by atoms with van der Waals surface area (Å²) in [4.78, 5) is 25.6. The molecule has 0 saturated carbocycles. The van der Waals surface area contributed by atoms with E-state index in [-0.39, 0.29) is 9.05 Å². The molecular weight excluding hydrogens is 418 g/mol. The Bertz CT molecular complexity index is 869. The summed E-state index contributed by atoms with van der Waals surface area (Å²) in [5, 5.41) is 11.2. The SMILES string of the molecule is C=C(Br)COC(=O)n1c(C(F)F)nc2cc(C(F)F)cc([N+](=O)[O-])c21. The average Bonchev–Trinajstić information content (AvgIpc) is 2.90. The molecule has 0 amide bonds. The fourth-order valence-corrected chi connectivity index (χ4v) is 2.14. The molecule has 0 aliphatic rings. The van der Waals surface area contributed by atoms with Crippen molar-refractivity contribution >= 4 is 38.7 Å². The zero-order chi connectivity index (χ0) is 18.9. The van der Waals surface area contributed by atoms with Crippen LogP contribution >= 0.6 is 15.9 Å². The second kappa shape index (κ2) is 7.17. The van der Waals surface area contributed by atoms with Gasteiger partial charge in [0.1, 0.15) is 6.61 Å². The number of nitro benzene ring substituents is 1. The number of rotatable bonds is 5. The summed E-state index contributed by atoms with van der Waals surface area (Å²) in [5.74, 6) is -1.16. The molecule has 0 unspecified atom stereocenters. The monoisotopic (exact) mass is 425 g/mol. The van der Waals surface area contributed by atoms with Crippen LogP contribution in [0.2, 0.25) is 0 Å². The number of hydrogen-bond acceptors (Lipinski definition) is 5. The Morgan fingerprint density at radius 3 is 2.48 bits per heavy atom. The summed E-state index contributed by atoms with van der Waals surface area (Å²) < 4.78 is 57.2. The highest BCUT2D eigenvalue weighted by molar-refractivity contribution is 9.11. The number of hydrogen-bond donors (Lipinski definition) is 0. The Morgan fingerprint density at radius 2 is 2.00 bits per heavy atom. The third-order valence-electron chi connectivity index (χ3n) is 2.96. The molecule has 2 rings (SSSR count). The van der Waals surface area contributed by atoms with Crippen LogP contribution in [0.3, 0.4) is 0 Å². The molecule has 134 valence electrons. The Hall–Kier alpha value is -2.50. The van der Waals surface area contributed by atoms with E-state index in [4.69, 9.17) is 4.74 Å². The van der Waals surface area contributed by atoms with Gasteiger partial charge in [-0.15, -0.1) is 0 Å². The minimum Gasteiger partial charge on any atom is -0.443 e. The standard InChI is InChI=1S/C13H8BrF4N3O4/c1-5(14)4-25-13(22)20-9-7(19-12(20)11(17)18)2-6(10(15)16)3-8(9)21(23)24/h2-3,10-11H,1,4H2. The fraction of sp³-hybridized carbons (Fsp3) is 0.231. The third-order valence-corrected chi connectivity index (χ3v) is 3.19. The summed E-state index contributed by atoms with van der Waals surface area (Å²) in [5.41, 5.74) is -2.96. The highest BCUT2D eigenvalue weighted by Crippen LogP contribution is 2.34. The number of fused-ring (bicyclic) bond motifs is 1. The van der Waals surface area contributed by atoms with E-state index in [9.17, 15) is 32.5 Å². The Kier molecular flexibility index (Phi) is 5.40. The third kappa shape index (κ3) is 3.78. The van der Waals surface area contributed by atoms with Crippen molar-refractivity contribution in [2.75, 3.05) is 6.61 Å². The first kappa shape index (κ1) is 18.8. The lowest BCUT2D eigenvalue weighted by Gasteiger charge is -2.08. The van der Waals surface area contributed by atoms with E-state index in [1.54, 1.807) is 0 Å². The van der Waals surface area contributed by atoms with Crippen LogP contribution < -0.4 is 0 Å². The van der Waals surface area contributed by atoms with Gasteiger partial charge in [-0.1, -0.05) is 22.5 Å². The Balaban J connectivity index is 2.77. The van der Waals surface area contributed by atoms with Gasteiger partial charge in [-0.3, -0.25) is 10.1 Å². The molecule has 0 radical (unpaired) electrons. The van der Waals surface area contributed by atoms with Crippen LogP contribution in [0.25, 0.3) is 11.0 Å². The molecule has 0 aliphatic heterocycles. The molecule has 1 aromatic heterocycles. The number of ether oxygens (including phenoxy) is 1. The molecule has 0 fully saturated rings.